The van der Waals surface area contributed by atoms with Gasteiger partial charge in [0.1, 0.15) is 16.6 Å². The number of aromatic nitrogens is 1. The van der Waals surface area contributed by atoms with Crippen molar-refractivity contribution >= 4 is 27.2 Å². The summed E-state index contributed by atoms with van der Waals surface area (Å²) in [6, 6.07) is 14.5. The summed E-state index contributed by atoms with van der Waals surface area (Å²) < 4.78 is 0. The lowest BCUT2D eigenvalue weighted by Gasteiger charge is -2.03. The Morgan fingerprint density at radius 3 is 2.68 bits per heavy atom. The molecule has 4 heteroatoms. The number of rotatable bonds is 1. The maximum atomic E-state index is 9.11. The van der Waals surface area contributed by atoms with Crippen LogP contribution in [0, 0.1) is 18.3 Å². The van der Waals surface area contributed by atoms with E-state index in [1.54, 1.807) is 0 Å². The number of hydrogen-bond donors (Lipinski definition) is 1. The average Bonchev–Trinajstić information content (AvgIpc) is 2.79. The molecule has 0 unspecified atom stereocenters. The molecular formula is C15H11N3S. The first-order chi connectivity index (χ1) is 9.17. The summed E-state index contributed by atoms with van der Waals surface area (Å²) in [7, 11) is 0. The van der Waals surface area contributed by atoms with Gasteiger partial charge in [0.2, 0.25) is 0 Å². The molecule has 0 aliphatic rings. The number of hydrogen-bond acceptors (Lipinski definition) is 4. The Hall–Kier alpha value is -2.38. The second kappa shape index (κ2) is 4.38. The summed E-state index contributed by atoms with van der Waals surface area (Å²) in [4.78, 5) is 4.81. The monoisotopic (exact) mass is 265 g/mol. The minimum absolute atomic E-state index is 0.426. The molecule has 19 heavy (non-hydrogen) atoms. The van der Waals surface area contributed by atoms with Crippen LogP contribution in [-0.4, -0.2) is 4.98 Å². The predicted octanol–water partition coefficient (Wildman–Crippen LogP) is 3.73. The molecule has 0 aliphatic carbocycles. The molecule has 0 saturated heterocycles. The van der Waals surface area contributed by atoms with Gasteiger partial charge in [-0.1, -0.05) is 47.2 Å². The highest BCUT2D eigenvalue weighted by molar-refractivity contribution is 7.16. The van der Waals surface area contributed by atoms with Crippen LogP contribution >= 0.6 is 11.3 Å². The standard InChI is InChI=1S/C15H11N3S/c1-9-2-3-11-7-12(5-4-10(11)6-9)14-13(8-16)19-15(17)18-14/h2-7H,1H3,(H2,17,18). The highest BCUT2D eigenvalue weighted by atomic mass is 32.1. The van der Waals surface area contributed by atoms with Crippen LogP contribution < -0.4 is 5.73 Å². The molecule has 0 bridgehead atoms. The van der Waals surface area contributed by atoms with Gasteiger partial charge in [-0.3, -0.25) is 0 Å². The Bertz CT molecular complexity index is 812. The highest BCUT2D eigenvalue weighted by Gasteiger charge is 2.11. The quantitative estimate of drug-likeness (QED) is 0.729. The summed E-state index contributed by atoms with van der Waals surface area (Å²) in [6.07, 6.45) is 0. The van der Waals surface area contributed by atoms with Crippen molar-refractivity contribution in [3.63, 3.8) is 0 Å². The lowest BCUT2D eigenvalue weighted by Crippen LogP contribution is -1.85. The molecule has 2 N–H and O–H groups in total. The van der Waals surface area contributed by atoms with Crippen molar-refractivity contribution in [2.45, 2.75) is 6.92 Å². The second-order valence-corrected chi connectivity index (χ2v) is 5.44. The van der Waals surface area contributed by atoms with E-state index in [2.05, 4.69) is 36.2 Å². The van der Waals surface area contributed by atoms with Crippen LogP contribution in [0.25, 0.3) is 22.0 Å². The van der Waals surface area contributed by atoms with Gasteiger partial charge >= 0.3 is 0 Å². The lowest BCUT2D eigenvalue weighted by atomic mass is 10.0. The number of nitrogen functional groups attached to an aromatic ring is 1. The fourth-order valence-corrected chi connectivity index (χ4v) is 2.77. The smallest absolute Gasteiger partial charge is 0.181 e. The number of aryl methyl sites for hydroxylation is 1. The normalized spacial score (nSPS) is 10.5. The zero-order chi connectivity index (χ0) is 13.4. The Balaban J connectivity index is 2.21. The lowest BCUT2D eigenvalue weighted by molar-refractivity contribution is 1.40. The van der Waals surface area contributed by atoms with Crippen molar-refractivity contribution in [1.82, 2.24) is 4.98 Å². The van der Waals surface area contributed by atoms with Crippen LogP contribution in [0.15, 0.2) is 36.4 Å². The molecule has 1 heterocycles. The van der Waals surface area contributed by atoms with E-state index in [0.29, 0.717) is 15.7 Å². The average molecular weight is 265 g/mol. The SMILES string of the molecule is Cc1ccc2cc(-c3nc(N)sc3C#N)ccc2c1. The fraction of sp³-hybridized carbons (Fsp3) is 0.0667. The molecule has 3 aromatic rings. The van der Waals surface area contributed by atoms with Crippen LogP contribution in [0.3, 0.4) is 0 Å². The minimum Gasteiger partial charge on any atom is -0.375 e. The van der Waals surface area contributed by atoms with Gasteiger partial charge in [-0.15, -0.1) is 0 Å². The van der Waals surface area contributed by atoms with Crippen LogP contribution in [0.2, 0.25) is 0 Å². The Labute approximate surface area is 114 Å². The van der Waals surface area contributed by atoms with Crippen LogP contribution in [0.4, 0.5) is 5.13 Å². The third-order valence-electron chi connectivity index (χ3n) is 3.01. The van der Waals surface area contributed by atoms with E-state index >= 15 is 0 Å². The van der Waals surface area contributed by atoms with Crippen molar-refractivity contribution in [3.8, 4) is 17.3 Å². The van der Waals surface area contributed by atoms with E-state index in [1.165, 1.54) is 22.3 Å². The fourth-order valence-electron chi connectivity index (χ4n) is 2.12. The van der Waals surface area contributed by atoms with Gasteiger partial charge < -0.3 is 5.73 Å². The number of fused-ring (bicyclic) bond motifs is 1. The molecule has 1 aromatic heterocycles. The van der Waals surface area contributed by atoms with Gasteiger partial charge in [-0.2, -0.15) is 5.26 Å². The van der Waals surface area contributed by atoms with Gasteiger partial charge in [-0.25, -0.2) is 4.98 Å². The van der Waals surface area contributed by atoms with E-state index in [-0.39, 0.29) is 0 Å². The summed E-state index contributed by atoms with van der Waals surface area (Å²) in [5, 5.41) is 11.9. The van der Waals surface area contributed by atoms with Crippen molar-refractivity contribution in [2.75, 3.05) is 5.73 Å². The van der Waals surface area contributed by atoms with Crippen LogP contribution in [0.5, 0.6) is 0 Å². The number of nitrogens with zero attached hydrogens (tertiary/aromatic N) is 2. The van der Waals surface area contributed by atoms with E-state index in [1.807, 2.05) is 18.2 Å². The van der Waals surface area contributed by atoms with Crippen molar-refractivity contribution < 1.29 is 0 Å². The molecule has 0 spiro atoms. The van der Waals surface area contributed by atoms with Crippen molar-refractivity contribution in [1.29, 1.82) is 5.26 Å². The Morgan fingerprint density at radius 1 is 1.16 bits per heavy atom. The van der Waals surface area contributed by atoms with E-state index in [0.717, 1.165) is 10.9 Å². The molecule has 3 nitrogen and oxygen atoms in total. The van der Waals surface area contributed by atoms with Crippen LogP contribution in [-0.2, 0) is 0 Å². The maximum absolute atomic E-state index is 9.11. The first kappa shape index (κ1) is 11.7. The molecule has 0 atom stereocenters. The third-order valence-corrected chi connectivity index (χ3v) is 3.80. The largest absolute Gasteiger partial charge is 0.375 e. The Morgan fingerprint density at radius 2 is 1.89 bits per heavy atom. The van der Waals surface area contributed by atoms with E-state index in [4.69, 9.17) is 11.0 Å². The molecule has 0 amide bonds. The van der Waals surface area contributed by atoms with E-state index in [9.17, 15) is 0 Å². The number of nitriles is 1. The maximum Gasteiger partial charge on any atom is 0.181 e. The Kier molecular flexibility index (Phi) is 2.69. The topological polar surface area (TPSA) is 62.7 Å². The van der Waals surface area contributed by atoms with Crippen LogP contribution in [0.1, 0.15) is 10.4 Å². The first-order valence-corrected chi connectivity index (χ1v) is 6.66. The zero-order valence-corrected chi connectivity index (χ0v) is 11.2. The summed E-state index contributed by atoms with van der Waals surface area (Å²) in [5.74, 6) is 0. The number of benzene rings is 2. The predicted molar refractivity (Wildman–Crippen MR) is 78.9 cm³/mol. The van der Waals surface area contributed by atoms with Gasteiger partial charge in [-0.05, 0) is 23.8 Å². The number of nitrogens with two attached hydrogens (primary N) is 1. The second-order valence-electron chi connectivity index (χ2n) is 4.41. The summed E-state index contributed by atoms with van der Waals surface area (Å²) in [5.41, 5.74) is 8.52. The molecular weight excluding hydrogens is 254 g/mol. The minimum atomic E-state index is 0.426. The van der Waals surface area contributed by atoms with Gasteiger partial charge in [0.15, 0.2) is 5.13 Å². The molecule has 0 saturated carbocycles. The van der Waals surface area contributed by atoms with Gasteiger partial charge in [0, 0.05) is 5.56 Å². The highest BCUT2D eigenvalue weighted by Crippen LogP contribution is 2.31. The number of anilines is 1. The molecule has 0 radical (unpaired) electrons. The summed E-state index contributed by atoms with van der Waals surface area (Å²) >= 11 is 1.22. The molecule has 92 valence electrons. The molecule has 0 fully saturated rings. The first-order valence-electron chi connectivity index (χ1n) is 5.84. The number of thiazole rings is 1. The molecule has 0 aliphatic heterocycles. The van der Waals surface area contributed by atoms with Crippen molar-refractivity contribution in [2.24, 2.45) is 0 Å². The molecule has 2 aromatic carbocycles. The van der Waals surface area contributed by atoms with Gasteiger partial charge in [0.05, 0.1) is 0 Å². The third kappa shape index (κ3) is 2.05. The van der Waals surface area contributed by atoms with Crippen molar-refractivity contribution in [3.05, 3.63) is 46.8 Å². The van der Waals surface area contributed by atoms with Gasteiger partial charge in [0.25, 0.3) is 0 Å². The van der Waals surface area contributed by atoms with E-state index < -0.39 is 0 Å². The molecule has 3 rings (SSSR count). The zero-order valence-electron chi connectivity index (χ0n) is 10.3. The summed E-state index contributed by atoms with van der Waals surface area (Å²) in [6.45, 7) is 2.07.